The highest BCUT2D eigenvalue weighted by Gasteiger charge is 2.44. The third kappa shape index (κ3) is 3.24. The fourth-order valence-corrected chi connectivity index (χ4v) is 4.18. The maximum Gasteiger partial charge on any atom is 0.213 e. The van der Waals surface area contributed by atoms with E-state index in [2.05, 4.69) is 27.2 Å². The van der Waals surface area contributed by atoms with Crippen molar-refractivity contribution in [3.8, 4) is 5.88 Å². The largest absolute Gasteiger partial charge is 0.472 e. The molecule has 0 spiro atoms. The van der Waals surface area contributed by atoms with Crippen molar-refractivity contribution in [2.45, 2.75) is 44.6 Å². The van der Waals surface area contributed by atoms with Crippen molar-refractivity contribution in [1.82, 2.24) is 14.9 Å². The van der Waals surface area contributed by atoms with Crippen LogP contribution in [0.2, 0.25) is 0 Å². The minimum Gasteiger partial charge on any atom is -0.472 e. The van der Waals surface area contributed by atoms with Gasteiger partial charge < -0.3 is 9.47 Å². The summed E-state index contributed by atoms with van der Waals surface area (Å²) in [5.74, 6) is 0.689. The summed E-state index contributed by atoms with van der Waals surface area (Å²) < 4.78 is 12.1. The number of aryl methyl sites for hydroxylation is 1. The lowest BCUT2D eigenvalue weighted by Crippen LogP contribution is -2.51. The Morgan fingerprint density at radius 2 is 2.35 bits per heavy atom. The first-order chi connectivity index (χ1) is 11.3. The average molecular weight is 331 g/mol. The summed E-state index contributed by atoms with van der Waals surface area (Å²) in [5.41, 5.74) is 1.17. The third-order valence-corrected chi connectivity index (χ3v) is 5.41. The van der Waals surface area contributed by atoms with E-state index >= 15 is 0 Å². The van der Waals surface area contributed by atoms with Crippen LogP contribution in [0.5, 0.6) is 5.88 Å². The fourth-order valence-electron chi connectivity index (χ4n) is 3.58. The first-order valence-electron chi connectivity index (χ1n) is 8.14. The van der Waals surface area contributed by atoms with Crippen molar-refractivity contribution in [3.05, 3.63) is 40.5 Å². The summed E-state index contributed by atoms with van der Waals surface area (Å²) in [7, 11) is 0. The lowest BCUT2D eigenvalue weighted by atomic mass is 10.1. The Kier molecular flexibility index (Phi) is 4.29. The molecule has 2 aliphatic rings. The van der Waals surface area contributed by atoms with Crippen molar-refractivity contribution >= 4 is 11.3 Å². The van der Waals surface area contributed by atoms with Gasteiger partial charge in [-0.25, -0.2) is 9.97 Å². The monoisotopic (exact) mass is 331 g/mol. The van der Waals surface area contributed by atoms with Gasteiger partial charge in [0.25, 0.3) is 0 Å². The van der Waals surface area contributed by atoms with Crippen LogP contribution in [0.3, 0.4) is 0 Å². The number of ether oxygens (including phenoxy) is 2. The smallest absolute Gasteiger partial charge is 0.213 e. The molecule has 1 aliphatic heterocycles. The molecule has 2 aromatic heterocycles. The highest BCUT2D eigenvalue weighted by molar-refractivity contribution is 7.09. The summed E-state index contributed by atoms with van der Waals surface area (Å²) in [4.78, 5) is 11.4. The number of aromatic nitrogens is 2. The number of thiazole rings is 1. The van der Waals surface area contributed by atoms with Crippen LogP contribution in [0.25, 0.3) is 0 Å². The number of nitrogens with zero attached hydrogens (tertiary/aromatic N) is 3. The van der Waals surface area contributed by atoms with Crippen molar-refractivity contribution in [2.75, 3.05) is 13.2 Å². The van der Waals surface area contributed by atoms with Crippen LogP contribution >= 0.6 is 11.3 Å². The zero-order valence-corrected chi connectivity index (χ0v) is 14.0. The van der Waals surface area contributed by atoms with Crippen LogP contribution in [0.15, 0.2) is 29.8 Å². The molecule has 0 amide bonds. The van der Waals surface area contributed by atoms with Gasteiger partial charge in [0.15, 0.2) is 0 Å². The summed E-state index contributed by atoms with van der Waals surface area (Å²) in [5, 5.41) is 3.30. The molecule has 1 aliphatic carbocycles. The van der Waals surface area contributed by atoms with E-state index in [1.165, 1.54) is 5.69 Å². The molecule has 0 N–H and O–H groups in total. The summed E-state index contributed by atoms with van der Waals surface area (Å²) in [6, 6.07) is 6.18. The zero-order valence-electron chi connectivity index (χ0n) is 13.2. The Morgan fingerprint density at radius 3 is 3.13 bits per heavy atom. The summed E-state index contributed by atoms with van der Waals surface area (Å²) in [6.45, 7) is 4.69. The second-order valence-electron chi connectivity index (χ2n) is 6.13. The Bertz CT molecular complexity index is 648. The number of hydrogen-bond donors (Lipinski definition) is 0. The SMILES string of the molecule is Cc1nc(CN2CCO[C@H]3[C@@H](Oc4ccccn4)CC[C@@H]32)cs1. The molecule has 6 heteroatoms. The highest BCUT2D eigenvalue weighted by atomic mass is 32.1. The molecule has 1 saturated carbocycles. The van der Waals surface area contributed by atoms with E-state index in [1.807, 2.05) is 18.2 Å². The first-order valence-corrected chi connectivity index (χ1v) is 9.02. The molecule has 3 atom stereocenters. The zero-order chi connectivity index (χ0) is 15.6. The molecule has 0 aromatic carbocycles. The second-order valence-corrected chi connectivity index (χ2v) is 7.19. The molecule has 1 saturated heterocycles. The first kappa shape index (κ1) is 15.1. The minimum absolute atomic E-state index is 0.0925. The maximum absolute atomic E-state index is 6.07. The van der Waals surface area contributed by atoms with Gasteiger partial charge >= 0.3 is 0 Å². The Hall–Kier alpha value is -1.50. The van der Waals surface area contributed by atoms with E-state index in [1.54, 1.807) is 17.5 Å². The highest BCUT2D eigenvalue weighted by Crippen LogP contribution is 2.33. The predicted octanol–water partition coefficient (Wildman–Crippen LogP) is 2.66. The van der Waals surface area contributed by atoms with Crippen molar-refractivity contribution in [3.63, 3.8) is 0 Å². The molecule has 4 rings (SSSR count). The van der Waals surface area contributed by atoms with Crippen LogP contribution in [-0.2, 0) is 11.3 Å². The quantitative estimate of drug-likeness (QED) is 0.862. The van der Waals surface area contributed by atoms with Gasteiger partial charge in [0.1, 0.15) is 12.2 Å². The molecule has 0 radical (unpaired) electrons. The molecule has 5 nitrogen and oxygen atoms in total. The Morgan fingerprint density at radius 1 is 1.39 bits per heavy atom. The van der Waals surface area contributed by atoms with Gasteiger partial charge in [0.2, 0.25) is 5.88 Å². The molecule has 2 aromatic rings. The van der Waals surface area contributed by atoms with Crippen molar-refractivity contribution in [1.29, 1.82) is 0 Å². The van der Waals surface area contributed by atoms with Gasteiger partial charge in [-0.2, -0.15) is 0 Å². The van der Waals surface area contributed by atoms with Gasteiger partial charge in [0, 0.05) is 36.8 Å². The fraction of sp³-hybridized carbons (Fsp3) is 0.529. The van der Waals surface area contributed by atoms with Crippen molar-refractivity contribution < 1.29 is 9.47 Å². The molecule has 23 heavy (non-hydrogen) atoms. The number of hydrogen-bond acceptors (Lipinski definition) is 6. The van der Waals surface area contributed by atoms with Crippen LogP contribution < -0.4 is 4.74 Å². The number of pyridine rings is 1. The molecular weight excluding hydrogens is 310 g/mol. The number of morpholine rings is 1. The van der Waals surface area contributed by atoms with Crippen molar-refractivity contribution in [2.24, 2.45) is 0 Å². The van der Waals surface area contributed by atoms with Crippen LogP contribution in [0.4, 0.5) is 0 Å². The van der Waals surface area contributed by atoms with E-state index in [-0.39, 0.29) is 12.2 Å². The molecule has 0 bridgehead atoms. The molecule has 2 fully saturated rings. The van der Waals surface area contributed by atoms with Gasteiger partial charge in [-0.15, -0.1) is 11.3 Å². The van der Waals surface area contributed by atoms with Gasteiger partial charge in [0.05, 0.1) is 17.3 Å². The summed E-state index contributed by atoms with van der Waals surface area (Å²) >= 11 is 1.72. The molecule has 3 heterocycles. The van der Waals surface area contributed by atoms with Gasteiger partial charge in [-0.3, -0.25) is 4.90 Å². The summed E-state index contributed by atoms with van der Waals surface area (Å²) in [6.07, 6.45) is 4.10. The third-order valence-electron chi connectivity index (χ3n) is 4.59. The van der Waals surface area contributed by atoms with Gasteiger partial charge in [-0.05, 0) is 25.8 Å². The van der Waals surface area contributed by atoms with E-state index in [9.17, 15) is 0 Å². The minimum atomic E-state index is 0.0925. The maximum atomic E-state index is 6.07. The molecular formula is C17H21N3O2S. The van der Waals surface area contributed by atoms with Crippen LogP contribution in [-0.4, -0.2) is 46.3 Å². The lowest BCUT2D eigenvalue weighted by Gasteiger charge is -2.38. The van der Waals surface area contributed by atoms with E-state index in [0.717, 1.165) is 37.5 Å². The molecule has 0 unspecified atom stereocenters. The number of fused-ring (bicyclic) bond motifs is 1. The standard InChI is InChI=1S/C17H21N3O2S/c1-12-19-13(11-23-12)10-20-8-9-21-17-14(20)5-6-15(17)22-16-4-2-3-7-18-16/h2-4,7,11,14-15,17H,5-6,8-10H2,1H3/t14-,15-,17+/m0/s1. The predicted molar refractivity (Wildman–Crippen MR) is 88.7 cm³/mol. The van der Waals surface area contributed by atoms with E-state index in [4.69, 9.17) is 9.47 Å². The lowest BCUT2D eigenvalue weighted by molar-refractivity contribution is -0.0924. The second kappa shape index (κ2) is 6.55. The number of rotatable bonds is 4. The van der Waals surface area contributed by atoms with E-state index < -0.39 is 0 Å². The normalized spacial score (nSPS) is 27.8. The van der Waals surface area contributed by atoms with Gasteiger partial charge in [-0.1, -0.05) is 6.07 Å². The Balaban J connectivity index is 1.43. The average Bonchev–Trinajstić information content (AvgIpc) is 3.16. The van der Waals surface area contributed by atoms with Crippen LogP contribution in [0, 0.1) is 6.92 Å². The molecule has 122 valence electrons. The van der Waals surface area contributed by atoms with E-state index in [0.29, 0.717) is 11.9 Å². The topological polar surface area (TPSA) is 47.5 Å². The van der Waals surface area contributed by atoms with Crippen LogP contribution in [0.1, 0.15) is 23.5 Å². The Labute approximate surface area is 140 Å².